The van der Waals surface area contributed by atoms with Crippen LogP contribution in [-0.4, -0.2) is 129 Å². The maximum absolute atomic E-state index is 9.51. The van der Waals surface area contributed by atoms with E-state index in [1.54, 1.807) is 0 Å². The van der Waals surface area contributed by atoms with Crippen LogP contribution in [0.5, 0.6) is 0 Å². The van der Waals surface area contributed by atoms with Gasteiger partial charge in [0.15, 0.2) is 0 Å². The van der Waals surface area contributed by atoms with Crippen molar-refractivity contribution in [2.24, 2.45) is 0 Å². The quantitative estimate of drug-likeness (QED) is 0.256. The van der Waals surface area contributed by atoms with Crippen LogP contribution in [0, 0.1) is 0 Å². The summed E-state index contributed by atoms with van der Waals surface area (Å²) in [5, 5.41) is 0. The summed E-state index contributed by atoms with van der Waals surface area (Å²) in [6, 6.07) is 0. The van der Waals surface area contributed by atoms with Gasteiger partial charge in [-0.3, -0.25) is 9.11 Å². The molecule has 12 heavy (non-hydrogen) atoms. The van der Waals surface area contributed by atoms with E-state index < -0.39 is 20.8 Å². The normalized spacial score (nSPS) is 11.2. The summed E-state index contributed by atoms with van der Waals surface area (Å²) in [4.78, 5) is 0. The first kappa shape index (κ1) is 20.4. The van der Waals surface area contributed by atoms with Gasteiger partial charge in [-0.15, -0.1) is 0 Å². The molecular weight excluding hydrogens is 270 g/mol. The first-order valence-electron chi connectivity index (χ1n) is 1.53. The molecule has 0 unspecified atom stereocenters. The molecular formula is H2K2O8S2. The van der Waals surface area contributed by atoms with E-state index in [4.69, 9.17) is 9.11 Å². The molecule has 12 heteroatoms. The zero-order valence-electron chi connectivity index (χ0n) is 6.16. The zero-order chi connectivity index (χ0) is 8.41. The molecule has 0 saturated carbocycles. The number of rotatable bonds is 3. The van der Waals surface area contributed by atoms with Crippen molar-refractivity contribution in [3.63, 3.8) is 0 Å². The van der Waals surface area contributed by atoms with Crippen LogP contribution in [-0.2, 0) is 29.5 Å². The molecule has 2 N–H and O–H groups in total. The Morgan fingerprint density at radius 1 is 0.750 bits per heavy atom. The van der Waals surface area contributed by atoms with E-state index in [2.05, 4.69) is 8.67 Å². The molecule has 0 fully saturated rings. The van der Waals surface area contributed by atoms with Crippen molar-refractivity contribution in [1.29, 1.82) is 0 Å². The molecule has 0 aromatic rings. The van der Waals surface area contributed by atoms with Gasteiger partial charge in [0.25, 0.3) is 0 Å². The van der Waals surface area contributed by atoms with Gasteiger partial charge >= 0.3 is 20.8 Å². The second-order valence-electron chi connectivity index (χ2n) is 0.992. The van der Waals surface area contributed by atoms with Crippen molar-refractivity contribution in [3.05, 3.63) is 0 Å². The van der Waals surface area contributed by atoms with Crippen molar-refractivity contribution in [2.45, 2.75) is 0 Å². The van der Waals surface area contributed by atoms with Gasteiger partial charge in [-0.25, -0.2) is 0 Å². The number of hydrogen-bond donors (Lipinski definition) is 2. The fourth-order valence-corrected chi connectivity index (χ4v) is 0.632. The van der Waals surface area contributed by atoms with Crippen LogP contribution >= 0.6 is 0 Å². The van der Waals surface area contributed by atoms with E-state index >= 15 is 0 Å². The third-order valence-electron chi connectivity index (χ3n) is 0.200. The largest absolute Gasteiger partial charge is 0.425 e. The van der Waals surface area contributed by atoms with Crippen LogP contribution in [0.15, 0.2) is 0 Å². The fourth-order valence-electron chi connectivity index (χ4n) is 0.0702. The average Bonchev–Trinajstić information content (AvgIpc) is 1.57. The Hall–Kier alpha value is 3.01. The van der Waals surface area contributed by atoms with Gasteiger partial charge in [-0.05, 0) is 0 Å². The molecule has 0 heterocycles. The van der Waals surface area contributed by atoms with E-state index in [9.17, 15) is 16.8 Å². The maximum Gasteiger partial charge on any atom is 0.425 e. The predicted molar refractivity (Wildman–Crippen MR) is 36.8 cm³/mol. The molecule has 0 aliphatic heterocycles. The van der Waals surface area contributed by atoms with Gasteiger partial charge in [0.1, 0.15) is 0 Å². The average molecular weight is 272 g/mol. The molecule has 0 aromatic carbocycles. The summed E-state index contributed by atoms with van der Waals surface area (Å²) in [5.41, 5.74) is 0. The van der Waals surface area contributed by atoms with E-state index in [1.165, 1.54) is 0 Å². The van der Waals surface area contributed by atoms with Gasteiger partial charge in [0, 0.05) is 103 Å². The van der Waals surface area contributed by atoms with Crippen molar-refractivity contribution >= 4 is 124 Å². The van der Waals surface area contributed by atoms with Gasteiger partial charge in [-0.2, -0.15) is 16.8 Å². The summed E-state index contributed by atoms with van der Waals surface area (Å²) in [6.07, 6.45) is 0. The third kappa shape index (κ3) is 18.7. The minimum absolute atomic E-state index is 0. The number of hydrogen-bond acceptors (Lipinski definition) is 6. The summed E-state index contributed by atoms with van der Waals surface area (Å²) in [7, 11) is -10.0. The van der Waals surface area contributed by atoms with E-state index in [0.29, 0.717) is 0 Å². The summed E-state index contributed by atoms with van der Waals surface area (Å²) in [6.45, 7) is 0. The molecule has 0 aliphatic carbocycles. The molecule has 0 saturated heterocycles. The van der Waals surface area contributed by atoms with E-state index in [0.717, 1.165) is 0 Å². The van der Waals surface area contributed by atoms with Crippen molar-refractivity contribution in [2.75, 3.05) is 0 Å². The maximum atomic E-state index is 9.51. The van der Waals surface area contributed by atoms with Crippen molar-refractivity contribution in [1.82, 2.24) is 0 Å². The Balaban J connectivity index is -0.000000405. The van der Waals surface area contributed by atoms with E-state index in [-0.39, 0.29) is 103 Å². The second-order valence-corrected chi connectivity index (χ2v) is 2.97. The Morgan fingerprint density at radius 3 is 1.00 bits per heavy atom. The van der Waals surface area contributed by atoms with Crippen LogP contribution in [0.4, 0.5) is 0 Å². The fraction of sp³-hybridized carbons (Fsp3) is 0. The molecule has 0 bridgehead atoms. The molecule has 2 radical (unpaired) electrons. The standard InChI is InChI=1S/2K.H2O8S2/c;;1-9(2,3)7-8-10(4,5)6/h;;(H,1,2,3)(H,4,5,6). The first-order chi connectivity index (χ1) is 4.21. The minimum Gasteiger partial charge on any atom is -0.262 e. The molecule has 0 atom stereocenters. The summed E-state index contributed by atoms with van der Waals surface area (Å²) in [5.74, 6) is 0. The smallest absolute Gasteiger partial charge is 0.262 e. The Morgan fingerprint density at radius 2 is 0.917 bits per heavy atom. The Bertz CT molecular complexity index is 251. The third-order valence-corrected chi connectivity index (χ3v) is 0.766. The molecule has 0 aliphatic rings. The van der Waals surface area contributed by atoms with Crippen molar-refractivity contribution in [3.8, 4) is 0 Å². The molecule has 0 amide bonds. The topological polar surface area (TPSA) is 127 Å². The van der Waals surface area contributed by atoms with Gasteiger partial charge < -0.3 is 0 Å². The van der Waals surface area contributed by atoms with Gasteiger partial charge in [0.05, 0.1) is 0 Å². The monoisotopic (exact) mass is 272 g/mol. The summed E-state index contributed by atoms with van der Waals surface area (Å²) >= 11 is 0. The van der Waals surface area contributed by atoms with E-state index in [1.807, 2.05) is 0 Å². The predicted octanol–water partition coefficient (Wildman–Crippen LogP) is -2.22. The molecule has 8 nitrogen and oxygen atoms in total. The molecule has 0 aromatic heterocycles. The molecule has 0 spiro atoms. The van der Waals surface area contributed by atoms with Crippen LogP contribution in [0.25, 0.3) is 0 Å². The van der Waals surface area contributed by atoms with Gasteiger partial charge in [-0.1, -0.05) is 8.67 Å². The zero-order valence-corrected chi connectivity index (χ0v) is 14.0. The van der Waals surface area contributed by atoms with Crippen LogP contribution in [0.1, 0.15) is 0 Å². The Labute approximate surface area is 154 Å². The SMILES string of the molecule is O=S(=O)(O)OOS(=O)(=O)O.[K].[K]. The second kappa shape index (κ2) is 8.20. The summed E-state index contributed by atoms with van der Waals surface area (Å²) < 4.78 is 58.9. The minimum atomic E-state index is -5.02. The van der Waals surface area contributed by atoms with Crippen molar-refractivity contribution < 1.29 is 34.6 Å². The molecule has 64 valence electrons. The molecule has 0 rings (SSSR count). The van der Waals surface area contributed by atoms with Crippen LogP contribution < -0.4 is 0 Å². The Kier molecular flexibility index (Phi) is 14.0. The van der Waals surface area contributed by atoms with Crippen LogP contribution in [0.3, 0.4) is 0 Å². The van der Waals surface area contributed by atoms with Crippen LogP contribution in [0.2, 0.25) is 0 Å². The first-order valence-corrected chi connectivity index (χ1v) is 4.26. The van der Waals surface area contributed by atoms with Gasteiger partial charge in [0.2, 0.25) is 0 Å².